The first-order valence-electron chi connectivity index (χ1n) is 11.6. The highest BCUT2D eigenvalue weighted by atomic mass is 32.2. The summed E-state index contributed by atoms with van der Waals surface area (Å²) in [5, 5.41) is 8.71. The molecule has 0 saturated carbocycles. The second-order valence-corrected chi connectivity index (χ2v) is 10.6. The zero-order valence-corrected chi connectivity index (χ0v) is 20.5. The Labute approximate surface area is 210 Å². The summed E-state index contributed by atoms with van der Waals surface area (Å²) in [6, 6.07) is 20.0. The van der Waals surface area contributed by atoms with Crippen LogP contribution >= 0.6 is 0 Å². The first-order chi connectivity index (χ1) is 17.3. The van der Waals surface area contributed by atoms with Gasteiger partial charge in [0.25, 0.3) is 5.91 Å². The monoisotopic (exact) mass is 512 g/mol. The number of hydrogen-bond acceptors (Lipinski definition) is 6. The minimum absolute atomic E-state index is 0.221. The van der Waals surface area contributed by atoms with E-state index in [0.29, 0.717) is 16.8 Å². The Morgan fingerprint density at radius 1 is 0.778 bits per heavy atom. The van der Waals surface area contributed by atoms with Crippen LogP contribution in [0.1, 0.15) is 27.0 Å². The number of carbonyl (C=O) groups excluding carboxylic acids is 1. The van der Waals surface area contributed by atoms with Crippen LogP contribution in [0.3, 0.4) is 0 Å². The van der Waals surface area contributed by atoms with Crippen molar-refractivity contribution >= 4 is 21.6 Å². The summed E-state index contributed by atoms with van der Waals surface area (Å²) in [6.45, 7) is 5.23. The van der Waals surface area contributed by atoms with Crippen LogP contribution in [0.5, 0.6) is 0 Å². The number of benzene rings is 3. The average Bonchev–Trinajstić information content (AvgIpc) is 2.87. The quantitative estimate of drug-likeness (QED) is 0.301. The number of anilines is 1. The summed E-state index contributed by atoms with van der Waals surface area (Å²) in [5.74, 6) is -1.14. The number of hydrogen-bond donors (Lipinski definition) is 3. The van der Waals surface area contributed by atoms with Gasteiger partial charge in [0, 0.05) is 50.5 Å². The molecule has 1 saturated heterocycles. The third kappa shape index (κ3) is 7.34. The van der Waals surface area contributed by atoms with E-state index in [-0.39, 0.29) is 5.75 Å². The number of amides is 1. The predicted octanol–water partition coefficient (Wildman–Crippen LogP) is 3.20. The molecule has 8 nitrogen and oxygen atoms in total. The molecule has 1 fully saturated rings. The van der Waals surface area contributed by atoms with Gasteiger partial charge in [-0.15, -0.1) is 0 Å². The number of sulfonamides is 1. The third-order valence-corrected chi connectivity index (χ3v) is 7.35. The highest BCUT2D eigenvalue weighted by Crippen LogP contribution is 2.17. The lowest BCUT2D eigenvalue weighted by Crippen LogP contribution is -2.45. The zero-order valence-electron chi connectivity index (χ0n) is 19.7. The highest BCUT2D eigenvalue weighted by molar-refractivity contribution is 7.91. The fourth-order valence-electron chi connectivity index (χ4n) is 4.14. The van der Waals surface area contributed by atoms with Crippen LogP contribution in [0.4, 0.5) is 10.1 Å². The molecule has 0 atom stereocenters. The Morgan fingerprint density at radius 3 is 1.75 bits per heavy atom. The van der Waals surface area contributed by atoms with Gasteiger partial charge in [-0.25, -0.2) is 18.3 Å². The fourth-order valence-corrected chi connectivity index (χ4v) is 5.34. The van der Waals surface area contributed by atoms with Crippen LogP contribution in [0, 0.1) is 5.82 Å². The van der Waals surface area contributed by atoms with Crippen LogP contribution in [0.25, 0.3) is 0 Å². The molecule has 10 heteroatoms. The van der Waals surface area contributed by atoms with Crippen molar-refractivity contribution in [2.24, 2.45) is 0 Å². The van der Waals surface area contributed by atoms with Gasteiger partial charge >= 0.3 is 0 Å². The van der Waals surface area contributed by atoms with E-state index in [1.807, 2.05) is 24.3 Å². The molecule has 0 unspecified atom stereocenters. The summed E-state index contributed by atoms with van der Waals surface area (Å²) in [4.78, 5) is 16.2. The van der Waals surface area contributed by atoms with Gasteiger partial charge in [-0.2, -0.15) is 0 Å². The molecular weight excluding hydrogens is 483 g/mol. The number of carbonyl (C=O) groups is 1. The van der Waals surface area contributed by atoms with Crippen LogP contribution in [-0.4, -0.2) is 55.5 Å². The molecule has 0 spiro atoms. The Morgan fingerprint density at radius 2 is 1.25 bits per heavy atom. The van der Waals surface area contributed by atoms with Crippen molar-refractivity contribution < 1.29 is 22.8 Å². The Hall–Kier alpha value is -3.31. The van der Waals surface area contributed by atoms with Gasteiger partial charge in [-0.05, 0) is 53.1 Å². The van der Waals surface area contributed by atoms with Crippen LogP contribution in [0.2, 0.25) is 0 Å². The second-order valence-electron chi connectivity index (χ2n) is 8.87. The molecule has 4 rings (SSSR count). The molecule has 3 aromatic carbocycles. The highest BCUT2D eigenvalue weighted by Gasteiger charge is 2.18. The van der Waals surface area contributed by atoms with Crippen LogP contribution < -0.4 is 10.2 Å². The largest absolute Gasteiger partial charge is 0.297 e. The maximum Gasteiger partial charge on any atom is 0.274 e. The van der Waals surface area contributed by atoms with Crippen LogP contribution in [0.15, 0.2) is 72.8 Å². The van der Waals surface area contributed by atoms with Crippen molar-refractivity contribution in [3.63, 3.8) is 0 Å². The first-order valence-corrected chi connectivity index (χ1v) is 13.3. The summed E-state index contributed by atoms with van der Waals surface area (Å²) in [7, 11) is -3.60. The molecule has 190 valence electrons. The van der Waals surface area contributed by atoms with Gasteiger partial charge < -0.3 is 0 Å². The topological polar surface area (TPSA) is 102 Å². The average molecular weight is 513 g/mol. The molecule has 1 aliphatic rings. The van der Waals surface area contributed by atoms with Gasteiger partial charge in [0.05, 0.1) is 5.75 Å². The zero-order chi connectivity index (χ0) is 25.5. The summed E-state index contributed by atoms with van der Waals surface area (Å²) < 4.78 is 40.5. The molecule has 36 heavy (non-hydrogen) atoms. The van der Waals surface area contributed by atoms with Crippen molar-refractivity contribution in [2.45, 2.75) is 18.8 Å². The third-order valence-electron chi connectivity index (χ3n) is 6.09. The number of nitrogens with one attached hydrogen (secondary N) is 2. The SMILES string of the molecule is O=C(NO)c1ccc(CN2CCN(Cc3ccc(NS(=O)(=O)Cc4ccc(F)cc4)cc3)CC2)cc1. The van der Waals surface area contributed by atoms with E-state index in [1.165, 1.54) is 24.3 Å². The van der Waals surface area contributed by atoms with Crippen molar-refractivity contribution in [1.29, 1.82) is 0 Å². The standard InChI is InChI=1S/C26H29FN4O4S/c27-24-9-3-22(4-10-24)19-36(34,35)29-25-11-5-21(6-12-25)18-31-15-13-30(14-16-31)17-20-1-7-23(8-2-20)26(32)28-33/h1-12,29,33H,13-19H2,(H,28,32). The number of halogens is 1. The van der Waals surface area contributed by atoms with E-state index in [4.69, 9.17) is 5.21 Å². The molecule has 0 bridgehead atoms. The lowest BCUT2D eigenvalue weighted by Gasteiger charge is -2.34. The molecule has 1 aliphatic heterocycles. The van der Waals surface area contributed by atoms with Gasteiger partial charge in [-0.1, -0.05) is 36.4 Å². The van der Waals surface area contributed by atoms with E-state index in [9.17, 15) is 17.6 Å². The predicted molar refractivity (Wildman–Crippen MR) is 135 cm³/mol. The van der Waals surface area contributed by atoms with Crippen molar-refractivity contribution in [2.75, 3.05) is 30.9 Å². The Kier molecular flexibility index (Phi) is 8.32. The van der Waals surface area contributed by atoms with E-state index in [1.54, 1.807) is 29.7 Å². The molecule has 0 radical (unpaired) electrons. The van der Waals surface area contributed by atoms with E-state index in [0.717, 1.165) is 50.4 Å². The minimum atomic E-state index is -3.60. The molecule has 0 aliphatic carbocycles. The second kappa shape index (κ2) is 11.6. The molecule has 3 N–H and O–H groups in total. The maximum atomic E-state index is 13.0. The van der Waals surface area contributed by atoms with E-state index in [2.05, 4.69) is 14.5 Å². The number of rotatable bonds is 9. The molecule has 3 aromatic rings. The Bertz CT molecular complexity index is 1260. The Balaban J connectivity index is 1.23. The molecule has 1 heterocycles. The van der Waals surface area contributed by atoms with Gasteiger partial charge in [0.2, 0.25) is 10.0 Å². The summed E-state index contributed by atoms with van der Waals surface area (Å²) in [5.41, 5.74) is 5.27. The molecule has 1 amide bonds. The van der Waals surface area contributed by atoms with Crippen molar-refractivity contribution in [3.05, 3.63) is 101 Å². The maximum absolute atomic E-state index is 13.0. The van der Waals surface area contributed by atoms with E-state index >= 15 is 0 Å². The lowest BCUT2D eigenvalue weighted by molar-refractivity contribution is 0.0706. The van der Waals surface area contributed by atoms with Gasteiger partial charge in [0.15, 0.2) is 0 Å². The molecular formula is C26H29FN4O4S. The number of piperazine rings is 1. The number of nitrogens with zero attached hydrogens (tertiary/aromatic N) is 2. The smallest absolute Gasteiger partial charge is 0.274 e. The normalized spacial score (nSPS) is 14.9. The lowest BCUT2D eigenvalue weighted by atomic mass is 10.1. The van der Waals surface area contributed by atoms with Gasteiger partial charge in [0.1, 0.15) is 5.82 Å². The van der Waals surface area contributed by atoms with Gasteiger partial charge in [-0.3, -0.25) is 24.5 Å². The first kappa shape index (κ1) is 25.8. The van der Waals surface area contributed by atoms with Crippen LogP contribution in [-0.2, 0) is 28.9 Å². The van der Waals surface area contributed by atoms with Crippen molar-refractivity contribution in [3.8, 4) is 0 Å². The minimum Gasteiger partial charge on any atom is -0.297 e. The van der Waals surface area contributed by atoms with E-state index < -0.39 is 21.7 Å². The molecule has 0 aromatic heterocycles. The van der Waals surface area contributed by atoms with Crippen molar-refractivity contribution in [1.82, 2.24) is 15.3 Å². The number of hydroxylamine groups is 1. The fraction of sp³-hybridized carbons (Fsp3) is 0.269. The summed E-state index contributed by atoms with van der Waals surface area (Å²) >= 11 is 0. The summed E-state index contributed by atoms with van der Waals surface area (Å²) in [6.07, 6.45) is 0.